The highest BCUT2D eigenvalue weighted by atomic mass is 32.2. The van der Waals surface area contributed by atoms with Crippen LogP contribution in [0.5, 0.6) is 0 Å². The number of hydrogen-bond acceptors (Lipinski definition) is 8. The van der Waals surface area contributed by atoms with Gasteiger partial charge in [0.2, 0.25) is 0 Å². The first-order chi connectivity index (χ1) is 12.9. The van der Waals surface area contributed by atoms with E-state index in [0.717, 1.165) is 22.7 Å². The highest BCUT2D eigenvalue weighted by molar-refractivity contribution is 7.99. The standard InChI is InChI=1S/C18H11N5O2S/c1-2-5-11(6-3-1)12-9-13-15(21-12)17(20-10-19-13)26-18-23-22-16(25-18)14-7-4-8-24-14/h1-8,10H,9H2. The maximum atomic E-state index is 5.64. The van der Waals surface area contributed by atoms with Crippen LogP contribution in [0.2, 0.25) is 0 Å². The van der Waals surface area contributed by atoms with Crippen LogP contribution >= 0.6 is 11.8 Å². The van der Waals surface area contributed by atoms with Crippen molar-refractivity contribution in [3.05, 3.63) is 66.3 Å². The molecule has 1 aromatic carbocycles. The third-order valence-corrected chi connectivity index (χ3v) is 4.71. The number of aromatic nitrogens is 4. The van der Waals surface area contributed by atoms with Crippen molar-refractivity contribution in [1.29, 1.82) is 0 Å². The molecule has 0 unspecified atom stereocenters. The van der Waals surface area contributed by atoms with E-state index >= 15 is 0 Å². The molecule has 3 aromatic heterocycles. The molecule has 0 spiro atoms. The van der Waals surface area contributed by atoms with Gasteiger partial charge in [0, 0.05) is 6.42 Å². The molecule has 8 heteroatoms. The molecule has 26 heavy (non-hydrogen) atoms. The molecule has 0 atom stereocenters. The van der Waals surface area contributed by atoms with Gasteiger partial charge in [0.25, 0.3) is 11.1 Å². The van der Waals surface area contributed by atoms with Gasteiger partial charge in [0.15, 0.2) is 5.76 Å². The minimum atomic E-state index is 0.330. The monoisotopic (exact) mass is 361 g/mol. The number of fused-ring (bicyclic) bond motifs is 1. The van der Waals surface area contributed by atoms with Crippen LogP contribution in [-0.4, -0.2) is 25.9 Å². The van der Waals surface area contributed by atoms with Crippen molar-refractivity contribution in [2.45, 2.75) is 16.7 Å². The topological polar surface area (TPSA) is 90.2 Å². The molecule has 126 valence electrons. The van der Waals surface area contributed by atoms with E-state index in [1.807, 2.05) is 30.3 Å². The Hall–Kier alpha value is -3.26. The van der Waals surface area contributed by atoms with Gasteiger partial charge in [-0.05, 0) is 29.5 Å². The molecular weight excluding hydrogens is 350 g/mol. The largest absolute Gasteiger partial charge is 0.459 e. The number of aliphatic imine (C=N–C) groups is 1. The zero-order valence-corrected chi connectivity index (χ0v) is 14.2. The molecule has 0 radical (unpaired) electrons. The van der Waals surface area contributed by atoms with Crippen LogP contribution in [0, 0.1) is 0 Å². The van der Waals surface area contributed by atoms with Gasteiger partial charge in [0.1, 0.15) is 17.0 Å². The number of benzene rings is 1. The van der Waals surface area contributed by atoms with Crippen LogP contribution < -0.4 is 0 Å². The fraction of sp³-hybridized carbons (Fsp3) is 0.0556. The summed E-state index contributed by atoms with van der Waals surface area (Å²) >= 11 is 1.27. The maximum Gasteiger partial charge on any atom is 0.284 e. The summed E-state index contributed by atoms with van der Waals surface area (Å²) in [4.78, 5) is 13.4. The Balaban J connectivity index is 1.45. The third-order valence-electron chi connectivity index (χ3n) is 3.88. The number of nitrogens with zero attached hydrogens (tertiary/aromatic N) is 5. The summed E-state index contributed by atoms with van der Waals surface area (Å²) in [6.07, 6.45) is 3.77. The van der Waals surface area contributed by atoms with Crippen molar-refractivity contribution < 1.29 is 8.83 Å². The minimum Gasteiger partial charge on any atom is -0.459 e. The van der Waals surface area contributed by atoms with Crippen molar-refractivity contribution in [2.24, 2.45) is 4.99 Å². The molecule has 4 aromatic rings. The first-order valence-electron chi connectivity index (χ1n) is 7.89. The Kier molecular flexibility index (Phi) is 3.60. The van der Waals surface area contributed by atoms with Crippen molar-refractivity contribution in [1.82, 2.24) is 20.2 Å². The van der Waals surface area contributed by atoms with Crippen LogP contribution in [0.25, 0.3) is 11.7 Å². The van der Waals surface area contributed by atoms with Crippen molar-refractivity contribution in [2.75, 3.05) is 0 Å². The number of hydrogen-bond donors (Lipinski definition) is 0. The van der Waals surface area contributed by atoms with Gasteiger partial charge in [-0.25, -0.2) is 15.0 Å². The third kappa shape index (κ3) is 2.70. The molecular formula is C18H11N5O2S. The van der Waals surface area contributed by atoms with Gasteiger partial charge in [0.05, 0.1) is 17.7 Å². The average Bonchev–Trinajstić information content (AvgIpc) is 3.42. The SMILES string of the molecule is c1ccc(C2=Nc3c(ncnc3Sc3nnc(-c4ccco4)o3)C2)cc1. The minimum absolute atomic E-state index is 0.330. The van der Waals surface area contributed by atoms with E-state index in [9.17, 15) is 0 Å². The van der Waals surface area contributed by atoms with E-state index in [1.165, 1.54) is 18.1 Å². The van der Waals surface area contributed by atoms with Crippen molar-refractivity contribution in [3.63, 3.8) is 0 Å². The normalized spacial score (nSPS) is 12.8. The Labute approximate surface area is 152 Å². The molecule has 0 aliphatic carbocycles. The lowest BCUT2D eigenvalue weighted by Crippen LogP contribution is -2.00. The fourth-order valence-electron chi connectivity index (χ4n) is 2.68. The Morgan fingerprint density at radius 1 is 0.962 bits per heavy atom. The Bertz CT molecular complexity index is 1090. The van der Waals surface area contributed by atoms with E-state index in [0.29, 0.717) is 28.3 Å². The Morgan fingerprint density at radius 2 is 1.88 bits per heavy atom. The summed E-state index contributed by atoms with van der Waals surface area (Å²) in [5.41, 5.74) is 3.71. The second kappa shape index (κ2) is 6.23. The lowest BCUT2D eigenvalue weighted by Gasteiger charge is -2.00. The summed E-state index contributed by atoms with van der Waals surface area (Å²) in [6.45, 7) is 0. The predicted molar refractivity (Wildman–Crippen MR) is 94.5 cm³/mol. The maximum absolute atomic E-state index is 5.64. The molecule has 4 heterocycles. The van der Waals surface area contributed by atoms with Crippen LogP contribution in [0.3, 0.4) is 0 Å². The summed E-state index contributed by atoms with van der Waals surface area (Å²) < 4.78 is 10.9. The quantitative estimate of drug-likeness (QED) is 0.508. The molecule has 5 rings (SSSR count). The van der Waals surface area contributed by atoms with Crippen molar-refractivity contribution >= 4 is 23.2 Å². The zero-order chi connectivity index (χ0) is 17.3. The highest BCUT2D eigenvalue weighted by Crippen LogP contribution is 2.38. The number of rotatable bonds is 4. The second-order valence-corrected chi connectivity index (χ2v) is 6.47. The first-order valence-corrected chi connectivity index (χ1v) is 8.70. The van der Waals surface area contributed by atoms with E-state index in [2.05, 4.69) is 20.2 Å². The van der Waals surface area contributed by atoms with E-state index < -0.39 is 0 Å². The lowest BCUT2D eigenvalue weighted by molar-refractivity contribution is 0.447. The van der Waals surface area contributed by atoms with Gasteiger partial charge in [-0.2, -0.15) is 0 Å². The fourth-order valence-corrected chi connectivity index (χ4v) is 3.40. The lowest BCUT2D eigenvalue weighted by atomic mass is 10.1. The van der Waals surface area contributed by atoms with Crippen LogP contribution in [0.15, 0.2) is 79.1 Å². The van der Waals surface area contributed by atoms with Gasteiger partial charge in [-0.1, -0.05) is 30.3 Å². The van der Waals surface area contributed by atoms with Crippen molar-refractivity contribution in [3.8, 4) is 11.7 Å². The summed E-state index contributed by atoms with van der Waals surface area (Å²) in [5.74, 6) is 0.860. The smallest absolute Gasteiger partial charge is 0.284 e. The molecule has 1 aliphatic rings. The molecule has 0 saturated heterocycles. The van der Waals surface area contributed by atoms with E-state index in [1.54, 1.807) is 18.4 Å². The van der Waals surface area contributed by atoms with Crippen LogP contribution in [0.4, 0.5) is 5.69 Å². The first kappa shape index (κ1) is 15.0. The van der Waals surface area contributed by atoms with Crippen LogP contribution in [0.1, 0.15) is 11.3 Å². The predicted octanol–water partition coefficient (Wildman–Crippen LogP) is 3.95. The van der Waals surface area contributed by atoms with Gasteiger partial charge < -0.3 is 8.83 Å². The van der Waals surface area contributed by atoms with E-state index in [4.69, 9.17) is 13.8 Å². The molecule has 0 fully saturated rings. The van der Waals surface area contributed by atoms with Gasteiger partial charge >= 0.3 is 0 Å². The Morgan fingerprint density at radius 3 is 2.73 bits per heavy atom. The van der Waals surface area contributed by atoms with Gasteiger partial charge in [-0.15, -0.1) is 10.2 Å². The summed E-state index contributed by atoms with van der Waals surface area (Å²) in [6, 6.07) is 13.6. The van der Waals surface area contributed by atoms with E-state index in [-0.39, 0.29) is 0 Å². The molecule has 0 saturated carbocycles. The molecule has 0 amide bonds. The molecule has 0 bridgehead atoms. The molecule has 1 aliphatic heterocycles. The highest BCUT2D eigenvalue weighted by Gasteiger charge is 2.23. The molecule has 0 N–H and O–H groups in total. The average molecular weight is 361 g/mol. The number of furan rings is 1. The van der Waals surface area contributed by atoms with Gasteiger partial charge in [-0.3, -0.25) is 0 Å². The summed E-state index contributed by atoms with van der Waals surface area (Å²) in [7, 11) is 0. The summed E-state index contributed by atoms with van der Waals surface area (Å²) in [5, 5.41) is 9.11. The molecule has 7 nitrogen and oxygen atoms in total. The zero-order valence-electron chi connectivity index (χ0n) is 13.4. The second-order valence-electron chi connectivity index (χ2n) is 5.53. The van der Waals surface area contributed by atoms with Crippen LogP contribution in [-0.2, 0) is 6.42 Å².